The number of carbonyl (C=O) groups excluding carboxylic acids is 1. The van der Waals surface area contributed by atoms with Crippen molar-refractivity contribution in [3.8, 4) is 5.75 Å². The van der Waals surface area contributed by atoms with Crippen LogP contribution in [0.15, 0.2) is 36.4 Å². The Morgan fingerprint density at radius 3 is 2.55 bits per heavy atom. The van der Waals surface area contributed by atoms with Crippen LogP contribution in [0.25, 0.3) is 10.8 Å². The van der Waals surface area contributed by atoms with Crippen LogP contribution in [0.4, 0.5) is 0 Å². The van der Waals surface area contributed by atoms with Gasteiger partial charge in [-0.25, -0.2) is 0 Å². The lowest BCUT2D eigenvalue weighted by Gasteiger charge is -2.12. The Labute approximate surface area is 118 Å². The molecule has 0 saturated heterocycles. The van der Waals surface area contributed by atoms with Crippen LogP contribution in [-0.2, 0) is 16.1 Å². The van der Waals surface area contributed by atoms with Gasteiger partial charge in [0.05, 0.1) is 14.2 Å². The van der Waals surface area contributed by atoms with Crippen molar-refractivity contribution in [1.29, 1.82) is 0 Å². The second-order valence-corrected chi connectivity index (χ2v) is 4.67. The number of ether oxygens (including phenoxy) is 2. The summed E-state index contributed by atoms with van der Waals surface area (Å²) in [6, 6.07) is 11.9. The van der Waals surface area contributed by atoms with E-state index in [9.17, 15) is 4.79 Å². The van der Waals surface area contributed by atoms with Crippen LogP contribution in [0.5, 0.6) is 5.75 Å². The van der Waals surface area contributed by atoms with Crippen LogP contribution < -0.4 is 10.1 Å². The minimum atomic E-state index is -0.313. The Bertz CT molecular complexity index is 610. The topological polar surface area (TPSA) is 47.6 Å². The van der Waals surface area contributed by atoms with E-state index >= 15 is 0 Å². The molecular formula is C16H19NO3. The molecule has 1 N–H and O–H groups in total. The lowest BCUT2D eigenvalue weighted by molar-refractivity contribution is -0.142. The second-order valence-electron chi connectivity index (χ2n) is 4.67. The van der Waals surface area contributed by atoms with Crippen molar-refractivity contribution in [2.75, 3.05) is 14.2 Å². The van der Waals surface area contributed by atoms with Gasteiger partial charge in [0, 0.05) is 6.54 Å². The molecule has 0 radical (unpaired) electrons. The largest absolute Gasteiger partial charge is 0.497 e. The van der Waals surface area contributed by atoms with Gasteiger partial charge in [0.1, 0.15) is 11.8 Å². The van der Waals surface area contributed by atoms with Crippen LogP contribution in [0.1, 0.15) is 12.5 Å². The van der Waals surface area contributed by atoms with Crippen LogP contribution in [0.3, 0.4) is 0 Å². The quantitative estimate of drug-likeness (QED) is 0.850. The number of methoxy groups -OCH3 is 2. The molecular weight excluding hydrogens is 254 g/mol. The van der Waals surface area contributed by atoms with E-state index in [4.69, 9.17) is 4.74 Å². The molecule has 0 unspecified atom stereocenters. The van der Waals surface area contributed by atoms with E-state index in [1.54, 1.807) is 14.0 Å². The van der Waals surface area contributed by atoms with Crippen molar-refractivity contribution >= 4 is 16.7 Å². The van der Waals surface area contributed by atoms with E-state index in [-0.39, 0.29) is 12.0 Å². The normalized spacial score (nSPS) is 12.2. The number of benzene rings is 2. The van der Waals surface area contributed by atoms with Crippen LogP contribution in [0.2, 0.25) is 0 Å². The molecule has 0 fully saturated rings. The summed E-state index contributed by atoms with van der Waals surface area (Å²) < 4.78 is 9.89. The maximum absolute atomic E-state index is 11.3. The molecule has 2 aromatic rings. The third kappa shape index (κ3) is 3.27. The van der Waals surface area contributed by atoms with E-state index in [0.717, 1.165) is 22.1 Å². The first kappa shape index (κ1) is 14.3. The van der Waals surface area contributed by atoms with Gasteiger partial charge in [-0.1, -0.05) is 18.2 Å². The monoisotopic (exact) mass is 273 g/mol. The van der Waals surface area contributed by atoms with Gasteiger partial charge < -0.3 is 14.8 Å². The number of nitrogens with one attached hydrogen (secondary N) is 1. The fourth-order valence-corrected chi connectivity index (χ4v) is 2.04. The molecule has 0 aromatic heterocycles. The lowest BCUT2D eigenvalue weighted by Crippen LogP contribution is -2.34. The van der Waals surface area contributed by atoms with Gasteiger partial charge in [-0.05, 0) is 41.5 Å². The fraction of sp³-hybridized carbons (Fsp3) is 0.312. The third-order valence-corrected chi connectivity index (χ3v) is 3.28. The first-order chi connectivity index (χ1) is 9.63. The molecule has 0 saturated carbocycles. The van der Waals surface area contributed by atoms with Gasteiger partial charge in [0.15, 0.2) is 0 Å². The molecule has 0 aliphatic heterocycles. The average molecular weight is 273 g/mol. The number of rotatable bonds is 5. The summed E-state index contributed by atoms with van der Waals surface area (Å²) >= 11 is 0. The molecule has 0 aliphatic carbocycles. The number of hydrogen-bond donors (Lipinski definition) is 1. The number of esters is 1. The summed E-state index contributed by atoms with van der Waals surface area (Å²) in [6.45, 7) is 2.41. The second kappa shape index (κ2) is 6.39. The van der Waals surface area contributed by atoms with E-state index < -0.39 is 0 Å². The number of fused-ring (bicyclic) bond motifs is 1. The minimum Gasteiger partial charge on any atom is -0.497 e. The molecule has 20 heavy (non-hydrogen) atoms. The van der Waals surface area contributed by atoms with Crippen molar-refractivity contribution in [1.82, 2.24) is 5.32 Å². The zero-order chi connectivity index (χ0) is 14.5. The Balaban J connectivity index is 2.10. The van der Waals surface area contributed by atoms with Crippen molar-refractivity contribution in [2.45, 2.75) is 19.5 Å². The maximum Gasteiger partial charge on any atom is 0.322 e. The molecule has 4 nitrogen and oxygen atoms in total. The molecule has 1 atom stereocenters. The molecule has 106 valence electrons. The highest BCUT2D eigenvalue weighted by atomic mass is 16.5. The SMILES string of the molecule is COC(=O)[C@H](C)NCc1ccc2cc(OC)ccc2c1. The average Bonchev–Trinajstić information content (AvgIpc) is 2.50. The molecule has 0 amide bonds. The summed E-state index contributed by atoms with van der Waals surface area (Å²) in [5.74, 6) is 0.596. The summed E-state index contributed by atoms with van der Waals surface area (Å²) in [6.07, 6.45) is 0. The van der Waals surface area contributed by atoms with Gasteiger partial charge >= 0.3 is 5.97 Å². The first-order valence-corrected chi connectivity index (χ1v) is 6.52. The van der Waals surface area contributed by atoms with Crippen LogP contribution >= 0.6 is 0 Å². The smallest absolute Gasteiger partial charge is 0.322 e. The van der Waals surface area contributed by atoms with Gasteiger partial charge in [0.2, 0.25) is 0 Å². The standard InChI is InChI=1S/C16H19NO3/c1-11(16(18)20-3)17-10-12-4-5-14-9-15(19-2)7-6-13(14)8-12/h4-9,11,17H,10H2,1-3H3/t11-/m0/s1. The highest BCUT2D eigenvalue weighted by Crippen LogP contribution is 2.21. The Hall–Kier alpha value is -2.07. The van der Waals surface area contributed by atoms with Gasteiger partial charge in [-0.15, -0.1) is 0 Å². The van der Waals surface area contributed by atoms with Crippen molar-refractivity contribution in [3.63, 3.8) is 0 Å². The molecule has 2 rings (SSSR count). The van der Waals surface area contributed by atoms with Crippen LogP contribution in [-0.4, -0.2) is 26.2 Å². The summed E-state index contributed by atoms with van der Waals surface area (Å²) in [5, 5.41) is 5.42. The van der Waals surface area contributed by atoms with E-state index in [1.165, 1.54) is 7.11 Å². The molecule has 4 heteroatoms. The Morgan fingerprint density at radius 1 is 1.15 bits per heavy atom. The molecule has 0 aliphatic rings. The van der Waals surface area contributed by atoms with Gasteiger partial charge in [0.25, 0.3) is 0 Å². The summed E-state index contributed by atoms with van der Waals surface area (Å²) in [5.41, 5.74) is 1.12. The Kier molecular flexibility index (Phi) is 4.58. The number of hydrogen-bond acceptors (Lipinski definition) is 4. The molecule has 0 bridgehead atoms. The Morgan fingerprint density at radius 2 is 1.85 bits per heavy atom. The number of carbonyl (C=O) groups is 1. The molecule has 0 spiro atoms. The van der Waals surface area contributed by atoms with E-state index in [2.05, 4.69) is 22.2 Å². The van der Waals surface area contributed by atoms with Gasteiger partial charge in [-0.2, -0.15) is 0 Å². The van der Waals surface area contributed by atoms with Crippen molar-refractivity contribution < 1.29 is 14.3 Å². The fourth-order valence-electron chi connectivity index (χ4n) is 2.04. The van der Waals surface area contributed by atoms with E-state index in [1.807, 2.05) is 24.3 Å². The highest BCUT2D eigenvalue weighted by molar-refractivity contribution is 5.84. The predicted octanol–water partition coefficient (Wildman–Crippen LogP) is 2.50. The zero-order valence-electron chi connectivity index (χ0n) is 12.0. The van der Waals surface area contributed by atoms with Crippen molar-refractivity contribution in [2.24, 2.45) is 0 Å². The third-order valence-electron chi connectivity index (χ3n) is 3.28. The van der Waals surface area contributed by atoms with Crippen LogP contribution in [0, 0.1) is 0 Å². The lowest BCUT2D eigenvalue weighted by atomic mass is 10.1. The zero-order valence-corrected chi connectivity index (χ0v) is 12.0. The summed E-state index contributed by atoms with van der Waals surface area (Å²) in [4.78, 5) is 11.3. The highest BCUT2D eigenvalue weighted by Gasteiger charge is 2.11. The van der Waals surface area contributed by atoms with Gasteiger partial charge in [-0.3, -0.25) is 4.79 Å². The summed E-state index contributed by atoms with van der Waals surface area (Å²) in [7, 11) is 3.05. The minimum absolute atomic E-state index is 0.254. The van der Waals surface area contributed by atoms with Crippen molar-refractivity contribution in [3.05, 3.63) is 42.0 Å². The van der Waals surface area contributed by atoms with E-state index in [0.29, 0.717) is 6.54 Å². The first-order valence-electron chi connectivity index (χ1n) is 6.52. The maximum atomic E-state index is 11.3. The predicted molar refractivity (Wildman–Crippen MR) is 78.8 cm³/mol. The molecule has 2 aromatic carbocycles. The molecule has 0 heterocycles.